The molecule has 0 aromatic heterocycles. The van der Waals surface area contributed by atoms with E-state index in [9.17, 15) is 9.59 Å². The zero-order valence-electron chi connectivity index (χ0n) is 14.5. The van der Waals surface area contributed by atoms with Gasteiger partial charge in [0.25, 0.3) is 5.91 Å². The first-order chi connectivity index (χ1) is 11.9. The Hall–Kier alpha value is -2.73. The highest BCUT2D eigenvalue weighted by atomic mass is 32.1. The molecule has 5 nitrogen and oxygen atoms in total. The zero-order chi connectivity index (χ0) is 18.4. The Morgan fingerprint density at radius 1 is 0.920 bits per heavy atom. The largest absolute Gasteiger partial charge is 0.332 e. The van der Waals surface area contributed by atoms with E-state index in [1.54, 1.807) is 31.2 Å². The molecule has 130 valence electrons. The number of benzene rings is 2. The molecule has 0 saturated heterocycles. The maximum Gasteiger partial charge on any atom is 0.255 e. The molecule has 0 aliphatic carbocycles. The van der Waals surface area contributed by atoms with E-state index in [0.717, 1.165) is 16.8 Å². The molecular weight excluding hydrogens is 334 g/mol. The van der Waals surface area contributed by atoms with Gasteiger partial charge in [0, 0.05) is 23.4 Å². The van der Waals surface area contributed by atoms with Crippen molar-refractivity contribution in [2.45, 2.75) is 27.2 Å². The van der Waals surface area contributed by atoms with Gasteiger partial charge in [0.2, 0.25) is 5.91 Å². The van der Waals surface area contributed by atoms with E-state index in [1.165, 1.54) is 0 Å². The minimum absolute atomic E-state index is 0.144. The lowest BCUT2D eigenvalue weighted by atomic mass is 10.1. The first-order valence-electron chi connectivity index (χ1n) is 7.98. The molecule has 0 bridgehead atoms. The van der Waals surface area contributed by atoms with Crippen molar-refractivity contribution < 1.29 is 9.59 Å². The summed E-state index contributed by atoms with van der Waals surface area (Å²) in [6.45, 7) is 5.74. The standard InChI is InChI=1S/C19H21N3O2S/c1-4-17(23)22-19(25)21-16-9-7-15(8-10-16)20-18(24)14-6-5-12(2)13(3)11-14/h5-11H,4H2,1-3H3,(H,20,24)(H2,21,22,23,25). The van der Waals surface area contributed by atoms with Gasteiger partial charge >= 0.3 is 0 Å². The lowest BCUT2D eigenvalue weighted by molar-refractivity contribution is -0.119. The first-order valence-corrected chi connectivity index (χ1v) is 8.39. The second-order valence-electron chi connectivity index (χ2n) is 5.69. The molecule has 0 unspecified atom stereocenters. The van der Waals surface area contributed by atoms with Crippen LogP contribution < -0.4 is 16.0 Å². The van der Waals surface area contributed by atoms with Gasteiger partial charge in [-0.25, -0.2) is 0 Å². The molecule has 0 heterocycles. The van der Waals surface area contributed by atoms with E-state index in [2.05, 4.69) is 16.0 Å². The molecule has 3 N–H and O–H groups in total. The highest BCUT2D eigenvalue weighted by Crippen LogP contribution is 2.16. The number of aryl methyl sites for hydroxylation is 2. The van der Waals surface area contributed by atoms with Gasteiger partial charge in [0.15, 0.2) is 5.11 Å². The molecule has 0 spiro atoms. The Morgan fingerprint density at radius 2 is 1.52 bits per heavy atom. The third-order valence-corrected chi connectivity index (χ3v) is 3.95. The summed E-state index contributed by atoms with van der Waals surface area (Å²) in [5.41, 5.74) is 4.25. The lowest BCUT2D eigenvalue weighted by Crippen LogP contribution is -2.33. The van der Waals surface area contributed by atoms with Crippen LogP contribution in [0.3, 0.4) is 0 Å². The summed E-state index contributed by atoms with van der Waals surface area (Å²) in [7, 11) is 0. The van der Waals surface area contributed by atoms with E-state index >= 15 is 0 Å². The summed E-state index contributed by atoms with van der Waals surface area (Å²) < 4.78 is 0. The fraction of sp³-hybridized carbons (Fsp3) is 0.211. The van der Waals surface area contributed by atoms with E-state index in [-0.39, 0.29) is 16.9 Å². The van der Waals surface area contributed by atoms with Crippen molar-refractivity contribution in [3.63, 3.8) is 0 Å². The van der Waals surface area contributed by atoms with Crippen molar-refractivity contribution in [1.82, 2.24) is 5.32 Å². The number of rotatable bonds is 4. The second-order valence-corrected chi connectivity index (χ2v) is 6.09. The number of nitrogens with one attached hydrogen (secondary N) is 3. The Balaban J connectivity index is 1.97. The molecular formula is C19H21N3O2S. The third-order valence-electron chi connectivity index (χ3n) is 3.74. The minimum Gasteiger partial charge on any atom is -0.332 e. The fourth-order valence-electron chi connectivity index (χ4n) is 2.10. The van der Waals surface area contributed by atoms with Gasteiger partial charge in [-0.1, -0.05) is 13.0 Å². The number of carbonyl (C=O) groups excluding carboxylic acids is 2. The molecule has 0 atom stereocenters. The van der Waals surface area contributed by atoms with Crippen LogP contribution in [-0.4, -0.2) is 16.9 Å². The topological polar surface area (TPSA) is 70.2 Å². The molecule has 2 amide bonds. The number of amides is 2. The van der Waals surface area contributed by atoms with Crippen LogP contribution >= 0.6 is 12.2 Å². The van der Waals surface area contributed by atoms with Crippen LogP contribution in [0.1, 0.15) is 34.8 Å². The average Bonchev–Trinajstić information content (AvgIpc) is 2.58. The summed E-state index contributed by atoms with van der Waals surface area (Å²) in [4.78, 5) is 23.6. The van der Waals surface area contributed by atoms with Crippen LogP contribution in [-0.2, 0) is 4.79 Å². The van der Waals surface area contributed by atoms with Crippen LogP contribution in [0.4, 0.5) is 11.4 Å². The number of hydrogen-bond acceptors (Lipinski definition) is 3. The van der Waals surface area contributed by atoms with Crippen molar-refractivity contribution in [3.05, 3.63) is 59.2 Å². The molecule has 0 aliphatic rings. The number of carbonyl (C=O) groups is 2. The molecule has 0 radical (unpaired) electrons. The molecule has 2 aromatic rings. The molecule has 25 heavy (non-hydrogen) atoms. The highest BCUT2D eigenvalue weighted by Gasteiger charge is 2.08. The van der Waals surface area contributed by atoms with Gasteiger partial charge in [0.05, 0.1) is 0 Å². The van der Waals surface area contributed by atoms with Gasteiger partial charge in [-0.2, -0.15) is 0 Å². The van der Waals surface area contributed by atoms with Crippen LogP contribution in [0, 0.1) is 13.8 Å². The van der Waals surface area contributed by atoms with Crippen molar-refractivity contribution in [2.75, 3.05) is 10.6 Å². The van der Waals surface area contributed by atoms with Gasteiger partial charge in [0.1, 0.15) is 0 Å². The van der Waals surface area contributed by atoms with E-state index in [0.29, 0.717) is 17.7 Å². The molecule has 0 fully saturated rings. The van der Waals surface area contributed by atoms with Crippen molar-refractivity contribution in [3.8, 4) is 0 Å². The predicted molar refractivity (Wildman–Crippen MR) is 105 cm³/mol. The Kier molecular flexibility index (Phi) is 6.25. The van der Waals surface area contributed by atoms with Crippen LogP contribution in [0.5, 0.6) is 0 Å². The Morgan fingerprint density at radius 3 is 2.08 bits per heavy atom. The van der Waals surface area contributed by atoms with Crippen LogP contribution in [0.2, 0.25) is 0 Å². The van der Waals surface area contributed by atoms with Crippen molar-refractivity contribution in [2.24, 2.45) is 0 Å². The fourth-order valence-corrected chi connectivity index (χ4v) is 2.33. The van der Waals surface area contributed by atoms with Crippen LogP contribution in [0.15, 0.2) is 42.5 Å². The third kappa shape index (κ3) is 5.39. The summed E-state index contributed by atoms with van der Waals surface area (Å²) in [5.74, 6) is -0.302. The first kappa shape index (κ1) is 18.6. The molecule has 2 aromatic carbocycles. The number of hydrogen-bond donors (Lipinski definition) is 3. The Bertz CT molecular complexity index is 801. The van der Waals surface area contributed by atoms with E-state index in [1.807, 2.05) is 32.0 Å². The van der Waals surface area contributed by atoms with Gasteiger partial charge in [-0.3, -0.25) is 9.59 Å². The van der Waals surface area contributed by atoms with Gasteiger partial charge < -0.3 is 16.0 Å². The maximum atomic E-state index is 12.3. The summed E-state index contributed by atoms with van der Waals surface area (Å²) in [6, 6.07) is 12.7. The second kappa shape index (κ2) is 8.39. The highest BCUT2D eigenvalue weighted by molar-refractivity contribution is 7.80. The lowest BCUT2D eigenvalue weighted by Gasteiger charge is -2.10. The smallest absolute Gasteiger partial charge is 0.255 e. The summed E-state index contributed by atoms with van der Waals surface area (Å²) in [5, 5.41) is 8.59. The molecule has 0 saturated carbocycles. The zero-order valence-corrected chi connectivity index (χ0v) is 15.3. The average molecular weight is 355 g/mol. The molecule has 6 heteroatoms. The van der Waals surface area contributed by atoms with Gasteiger partial charge in [-0.15, -0.1) is 0 Å². The predicted octanol–water partition coefficient (Wildman–Crippen LogP) is 3.78. The normalized spacial score (nSPS) is 10.0. The monoisotopic (exact) mass is 355 g/mol. The maximum absolute atomic E-state index is 12.3. The summed E-state index contributed by atoms with van der Waals surface area (Å²) >= 11 is 5.06. The minimum atomic E-state index is -0.158. The van der Waals surface area contributed by atoms with Crippen LogP contribution in [0.25, 0.3) is 0 Å². The number of anilines is 2. The SMILES string of the molecule is CCC(=O)NC(=S)Nc1ccc(NC(=O)c2ccc(C)c(C)c2)cc1. The van der Waals surface area contributed by atoms with E-state index < -0.39 is 0 Å². The number of thiocarbonyl (C=S) groups is 1. The Labute approximate surface area is 152 Å². The molecule has 2 rings (SSSR count). The quantitative estimate of drug-likeness (QED) is 0.730. The van der Waals surface area contributed by atoms with Gasteiger partial charge in [-0.05, 0) is 73.6 Å². The summed E-state index contributed by atoms with van der Waals surface area (Å²) in [6.07, 6.45) is 0.366. The van der Waals surface area contributed by atoms with Crippen molar-refractivity contribution in [1.29, 1.82) is 0 Å². The molecule has 0 aliphatic heterocycles. The van der Waals surface area contributed by atoms with E-state index in [4.69, 9.17) is 12.2 Å². The van der Waals surface area contributed by atoms with Crippen molar-refractivity contribution >= 4 is 40.5 Å².